The van der Waals surface area contributed by atoms with Crippen LogP contribution < -0.4 is 0 Å². The fraction of sp³-hybridized carbons (Fsp3) is 0.462. The zero-order valence-corrected chi connectivity index (χ0v) is 11.7. The number of nitrogens with zero attached hydrogens (tertiary/aromatic N) is 1. The second-order valence-electron chi connectivity index (χ2n) is 4.41. The minimum atomic E-state index is -0.401. The first-order chi connectivity index (χ1) is 8.59. The van der Waals surface area contributed by atoms with Crippen LogP contribution >= 0.6 is 23.4 Å². The molecule has 1 aliphatic rings. The number of rotatable bonds is 3. The fourth-order valence-corrected chi connectivity index (χ4v) is 3.50. The average molecular weight is 288 g/mol. The van der Waals surface area contributed by atoms with Gasteiger partial charge in [0.2, 0.25) is 0 Å². The quantitative estimate of drug-likeness (QED) is 0.852. The minimum absolute atomic E-state index is 0.0386. The summed E-state index contributed by atoms with van der Waals surface area (Å²) in [6.45, 7) is 0.895. The van der Waals surface area contributed by atoms with Crippen molar-refractivity contribution in [1.29, 1.82) is 0 Å². The number of Topliss-reactive ketones (excluding diaryl/α,β-unsaturated/α-hetero) is 1. The van der Waals surface area contributed by atoms with E-state index in [4.69, 9.17) is 11.6 Å². The number of hydrogen-bond donors (Lipinski definition) is 0. The Morgan fingerprint density at radius 2 is 2.39 bits per heavy atom. The predicted molar refractivity (Wildman–Crippen MR) is 73.9 cm³/mol. The molecule has 0 aromatic heterocycles. The second-order valence-corrected chi connectivity index (χ2v) is 5.97. The predicted octanol–water partition coefficient (Wildman–Crippen LogP) is 2.64. The summed E-state index contributed by atoms with van der Waals surface area (Å²) < 4.78 is 13.6. The largest absolute Gasteiger partial charge is 0.298 e. The molecule has 1 saturated heterocycles. The highest BCUT2D eigenvalue weighted by molar-refractivity contribution is 7.99. The van der Waals surface area contributed by atoms with Crippen LogP contribution in [0.15, 0.2) is 18.2 Å². The van der Waals surface area contributed by atoms with E-state index in [2.05, 4.69) is 0 Å². The monoisotopic (exact) mass is 287 g/mol. The summed E-state index contributed by atoms with van der Waals surface area (Å²) in [6, 6.07) is 4.38. The summed E-state index contributed by atoms with van der Waals surface area (Å²) in [4.78, 5) is 14.2. The van der Waals surface area contributed by atoms with E-state index < -0.39 is 5.82 Å². The van der Waals surface area contributed by atoms with Crippen molar-refractivity contribution in [2.24, 2.45) is 0 Å². The number of likely N-dealkylation sites (N-methyl/N-ethyl adjacent to an activating group) is 1. The summed E-state index contributed by atoms with van der Waals surface area (Å²) in [5.41, 5.74) is 0.313. The molecule has 0 bridgehead atoms. The molecule has 0 amide bonds. The van der Waals surface area contributed by atoms with E-state index in [1.165, 1.54) is 6.07 Å². The van der Waals surface area contributed by atoms with Crippen LogP contribution in [0.5, 0.6) is 0 Å². The van der Waals surface area contributed by atoms with E-state index in [0.717, 1.165) is 18.1 Å². The zero-order chi connectivity index (χ0) is 13.1. The molecule has 1 unspecified atom stereocenters. The van der Waals surface area contributed by atoms with Crippen LogP contribution in [0.25, 0.3) is 0 Å². The van der Waals surface area contributed by atoms with Crippen molar-refractivity contribution in [3.05, 3.63) is 34.6 Å². The molecule has 0 aliphatic carbocycles. The highest BCUT2D eigenvalue weighted by Gasteiger charge is 2.27. The molecule has 2 rings (SSSR count). The maximum Gasteiger partial charge on any atom is 0.155 e. The Bertz CT molecular complexity index is 434. The van der Waals surface area contributed by atoms with Crippen molar-refractivity contribution in [1.82, 2.24) is 4.90 Å². The number of hydrogen-bond acceptors (Lipinski definition) is 3. The van der Waals surface area contributed by atoms with Crippen LogP contribution in [0, 0.1) is 5.82 Å². The molecule has 0 N–H and O–H groups in total. The highest BCUT2D eigenvalue weighted by atomic mass is 35.5. The fourth-order valence-electron chi connectivity index (χ4n) is 2.02. The van der Waals surface area contributed by atoms with Gasteiger partial charge in [-0.15, -0.1) is 0 Å². The Balaban J connectivity index is 2.11. The lowest BCUT2D eigenvalue weighted by atomic mass is 10.0. The van der Waals surface area contributed by atoms with Crippen molar-refractivity contribution in [2.75, 3.05) is 25.1 Å². The summed E-state index contributed by atoms with van der Waals surface area (Å²) in [7, 11) is 1.94. The van der Waals surface area contributed by atoms with E-state index in [9.17, 15) is 9.18 Å². The lowest BCUT2D eigenvalue weighted by Gasteiger charge is -2.30. The summed E-state index contributed by atoms with van der Waals surface area (Å²) >= 11 is 7.70. The van der Waals surface area contributed by atoms with Crippen LogP contribution in [-0.4, -0.2) is 41.8 Å². The number of carbonyl (C=O) groups is 1. The number of thioether (sulfide) groups is 1. The van der Waals surface area contributed by atoms with Crippen molar-refractivity contribution >= 4 is 29.1 Å². The Morgan fingerprint density at radius 1 is 1.61 bits per heavy atom. The van der Waals surface area contributed by atoms with Crippen molar-refractivity contribution in [2.45, 2.75) is 12.5 Å². The number of carbonyl (C=O) groups excluding carboxylic acids is 1. The first-order valence-electron chi connectivity index (χ1n) is 5.83. The van der Waals surface area contributed by atoms with Crippen molar-refractivity contribution < 1.29 is 9.18 Å². The standard InChI is InChI=1S/C13H15ClFNOS/c1-16-5-6-18-8-12(16)13(17)7-9-10(14)3-2-4-11(9)15/h2-4,12H,5-8H2,1H3. The Morgan fingerprint density at radius 3 is 3.06 bits per heavy atom. The summed E-state index contributed by atoms with van der Waals surface area (Å²) in [5.74, 6) is 1.46. The maximum atomic E-state index is 13.6. The van der Waals surface area contributed by atoms with Crippen molar-refractivity contribution in [3.8, 4) is 0 Å². The molecule has 0 spiro atoms. The van der Waals surface area contributed by atoms with Crippen LogP contribution in [0.2, 0.25) is 5.02 Å². The van der Waals surface area contributed by atoms with Gasteiger partial charge in [-0.05, 0) is 19.2 Å². The molecule has 0 saturated carbocycles. The van der Waals surface area contributed by atoms with Gasteiger partial charge in [0.15, 0.2) is 5.78 Å². The van der Waals surface area contributed by atoms with Gasteiger partial charge >= 0.3 is 0 Å². The first kappa shape index (κ1) is 13.8. The van der Waals surface area contributed by atoms with Gasteiger partial charge in [-0.25, -0.2) is 4.39 Å². The molecule has 2 nitrogen and oxygen atoms in total. The minimum Gasteiger partial charge on any atom is -0.298 e. The normalized spacial score (nSPS) is 20.9. The molecule has 1 fully saturated rings. The van der Waals surface area contributed by atoms with Crippen LogP contribution in [0.4, 0.5) is 4.39 Å². The average Bonchev–Trinajstić information content (AvgIpc) is 2.34. The van der Waals surface area contributed by atoms with E-state index in [1.54, 1.807) is 23.9 Å². The first-order valence-corrected chi connectivity index (χ1v) is 7.36. The van der Waals surface area contributed by atoms with Gasteiger partial charge in [-0.1, -0.05) is 17.7 Å². The van der Waals surface area contributed by atoms with Crippen molar-refractivity contribution in [3.63, 3.8) is 0 Å². The molecular formula is C13H15ClFNOS. The molecule has 5 heteroatoms. The van der Waals surface area contributed by atoms with Crippen LogP contribution in [-0.2, 0) is 11.2 Å². The molecule has 1 aromatic rings. The van der Waals surface area contributed by atoms with Crippen LogP contribution in [0.3, 0.4) is 0 Å². The van der Waals surface area contributed by atoms with Gasteiger partial charge in [0.05, 0.1) is 6.04 Å². The van der Waals surface area contributed by atoms with E-state index in [-0.39, 0.29) is 18.2 Å². The molecular weight excluding hydrogens is 273 g/mol. The third-order valence-corrected chi connectivity index (χ3v) is 4.56. The SMILES string of the molecule is CN1CCSCC1C(=O)Cc1c(F)cccc1Cl. The van der Waals surface area contributed by atoms with E-state index in [1.807, 2.05) is 11.9 Å². The Hall–Kier alpha value is -0.580. The van der Waals surface area contributed by atoms with Crippen LogP contribution in [0.1, 0.15) is 5.56 Å². The highest BCUT2D eigenvalue weighted by Crippen LogP contribution is 2.22. The third kappa shape index (κ3) is 3.05. The lowest BCUT2D eigenvalue weighted by molar-refractivity contribution is -0.122. The van der Waals surface area contributed by atoms with Gasteiger partial charge in [0.25, 0.3) is 0 Å². The van der Waals surface area contributed by atoms with E-state index in [0.29, 0.717) is 10.6 Å². The molecule has 1 heterocycles. The van der Waals surface area contributed by atoms with Gasteiger partial charge in [-0.2, -0.15) is 11.8 Å². The summed E-state index contributed by atoms with van der Waals surface area (Å²) in [6.07, 6.45) is 0.0705. The Kier molecular flexibility index (Phi) is 4.65. The van der Waals surface area contributed by atoms with Gasteiger partial charge < -0.3 is 0 Å². The van der Waals surface area contributed by atoms with E-state index >= 15 is 0 Å². The third-order valence-electron chi connectivity index (χ3n) is 3.18. The van der Waals surface area contributed by atoms with Gasteiger partial charge in [0, 0.05) is 35.1 Å². The lowest BCUT2D eigenvalue weighted by Crippen LogP contribution is -2.45. The molecule has 98 valence electrons. The molecule has 18 heavy (non-hydrogen) atoms. The smallest absolute Gasteiger partial charge is 0.155 e. The summed E-state index contributed by atoms with van der Waals surface area (Å²) in [5, 5.41) is 0.328. The Labute approximate surface area is 115 Å². The number of benzene rings is 1. The van der Waals surface area contributed by atoms with Gasteiger partial charge in [0.1, 0.15) is 5.82 Å². The molecule has 1 aliphatic heterocycles. The molecule has 0 radical (unpaired) electrons. The number of halogens is 2. The maximum absolute atomic E-state index is 13.6. The zero-order valence-electron chi connectivity index (χ0n) is 10.2. The van der Waals surface area contributed by atoms with Gasteiger partial charge in [-0.3, -0.25) is 9.69 Å². The topological polar surface area (TPSA) is 20.3 Å². The second kappa shape index (κ2) is 6.04. The molecule has 1 atom stereocenters. The number of ketones is 1. The molecule has 1 aromatic carbocycles.